The van der Waals surface area contributed by atoms with Crippen LogP contribution in [0.2, 0.25) is 0 Å². The van der Waals surface area contributed by atoms with E-state index in [9.17, 15) is 0 Å². The molecule has 88 valence electrons. The molecule has 2 rings (SSSR count). The lowest BCUT2D eigenvalue weighted by molar-refractivity contribution is 1.10. The van der Waals surface area contributed by atoms with Crippen LogP contribution in [-0.4, -0.2) is 16.5 Å². The summed E-state index contributed by atoms with van der Waals surface area (Å²) in [4.78, 5) is 8.80. The molecule has 1 N–H and O–H groups in total. The Morgan fingerprint density at radius 1 is 1.06 bits per heavy atom. The van der Waals surface area contributed by atoms with Gasteiger partial charge in [-0.25, -0.2) is 4.98 Å². The highest BCUT2D eigenvalue weighted by Gasteiger charge is 2.09. The molecule has 3 nitrogen and oxygen atoms in total. The van der Waals surface area contributed by atoms with Crippen LogP contribution < -0.4 is 5.32 Å². The first-order valence-corrected chi connectivity index (χ1v) is 6.00. The van der Waals surface area contributed by atoms with Crippen LogP contribution in [0, 0.1) is 0 Å². The molecule has 0 fully saturated rings. The molecule has 0 aliphatic carbocycles. The smallest absolute Gasteiger partial charge is 0.152 e. The highest BCUT2D eigenvalue weighted by atomic mass is 15.0. The third-order valence-electron chi connectivity index (χ3n) is 2.70. The molecule has 0 amide bonds. The largest absolute Gasteiger partial charge is 0.369 e. The van der Waals surface area contributed by atoms with E-state index >= 15 is 0 Å². The number of hydrogen-bond donors (Lipinski definition) is 1. The SMILES string of the molecule is CCNc1nccnc1-c1ccccc1CC. The molecular weight excluding hydrogens is 210 g/mol. The summed E-state index contributed by atoms with van der Waals surface area (Å²) in [5, 5.41) is 3.25. The van der Waals surface area contributed by atoms with Gasteiger partial charge >= 0.3 is 0 Å². The van der Waals surface area contributed by atoms with Crippen molar-refractivity contribution in [3.8, 4) is 11.3 Å². The van der Waals surface area contributed by atoms with Crippen molar-refractivity contribution in [3.05, 3.63) is 42.2 Å². The zero-order valence-electron chi connectivity index (χ0n) is 10.3. The minimum atomic E-state index is 0.847. The summed E-state index contributed by atoms with van der Waals surface area (Å²) in [6, 6.07) is 8.34. The summed E-state index contributed by atoms with van der Waals surface area (Å²) in [5.74, 6) is 0.857. The number of anilines is 1. The molecule has 1 heterocycles. The van der Waals surface area contributed by atoms with Gasteiger partial charge in [0.05, 0.1) is 0 Å². The van der Waals surface area contributed by atoms with Gasteiger partial charge in [-0.3, -0.25) is 4.98 Å². The Morgan fingerprint density at radius 2 is 1.82 bits per heavy atom. The van der Waals surface area contributed by atoms with Gasteiger partial charge in [-0.15, -0.1) is 0 Å². The predicted molar refractivity (Wildman–Crippen MR) is 71.0 cm³/mol. The standard InChI is InChI=1S/C14H17N3/c1-3-11-7-5-6-8-12(11)13-14(15-4-2)17-10-9-16-13/h5-10H,3-4H2,1-2H3,(H,15,17). The van der Waals surface area contributed by atoms with Crippen LogP contribution in [-0.2, 0) is 6.42 Å². The second-order valence-electron chi connectivity index (χ2n) is 3.79. The number of benzene rings is 1. The first kappa shape index (κ1) is 11.6. The summed E-state index contributed by atoms with van der Waals surface area (Å²) in [6.07, 6.45) is 4.46. The maximum Gasteiger partial charge on any atom is 0.152 e. The molecule has 3 heteroatoms. The van der Waals surface area contributed by atoms with Crippen LogP contribution in [0.5, 0.6) is 0 Å². The number of nitrogens with one attached hydrogen (secondary N) is 1. The lowest BCUT2D eigenvalue weighted by Crippen LogP contribution is -2.03. The normalized spacial score (nSPS) is 10.2. The summed E-state index contributed by atoms with van der Waals surface area (Å²) < 4.78 is 0. The average Bonchev–Trinajstić information content (AvgIpc) is 2.40. The molecule has 0 unspecified atom stereocenters. The quantitative estimate of drug-likeness (QED) is 0.872. The van der Waals surface area contributed by atoms with E-state index in [1.54, 1.807) is 12.4 Å². The summed E-state index contributed by atoms with van der Waals surface area (Å²) >= 11 is 0. The van der Waals surface area contributed by atoms with Crippen molar-refractivity contribution in [2.45, 2.75) is 20.3 Å². The Morgan fingerprint density at radius 3 is 2.59 bits per heavy atom. The van der Waals surface area contributed by atoms with E-state index < -0.39 is 0 Å². The Labute approximate surface area is 102 Å². The predicted octanol–water partition coefficient (Wildman–Crippen LogP) is 3.14. The van der Waals surface area contributed by atoms with Gasteiger partial charge in [0.2, 0.25) is 0 Å². The van der Waals surface area contributed by atoms with E-state index in [4.69, 9.17) is 0 Å². The summed E-state index contributed by atoms with van der Waals surface area (Å²) in [6.45, 7) is 5.06. The lowest BCUT2D eigenvalue weighted by atomic mass is 10.0. The van der Waals surface area contributed by atoms with Gasteiger partial charge in [0, 0.05) is 24.5 Å². The fourth-order valence-corrected chi connectivity index (χ4v) is 1.89. The number of aromatic nitrogens is 2. The van der Waals surface area contributed by atoms with E-state index in [0.717, 1.165) is 24.5 Å². The van der Waals surface area contributed by atoms with E-state index in [1.165, 1.54) is 11.1 Å². The van der Waals surface area contributed by atoms with E-state index in [0.29, 0.717) is 0 Å². The van der Waals surface area contributed by atoms with Gasteiger partial charge in [-0.2, -0.15) is 0 Å². The average molecular weight is 227 g/mol. The molecule has 0 aliphatic rings. The molecule has 17 heavy (non-hydrogen) atoms. The van der Waals surface area contributed by atoms with Crippen LogP contribution in [0.4, 0.5) is 5.82 Å². The molecule has 1 aromatic heterocycles. The molecule has 0 saturated carbocycles. The molecule has 0 aliphatic heterocycles. The fraction of sp³-hybridized carbons (Fsp3) is 0.286. The number of aryl methyl sites for hydroxylation is 1. The van der Waals surface area contributed by atoms with Crippen molar-refractivity contribution in [1.29, 1.82) is 0 Å². The van der Waals surface area contributed by atoms with Crippen molar-refractivity contribution >= 4 is 5.82 Å². The Kier molecular flexibility index (Phi) is 3.70. The maximum atomic E-state index is 4.45. The first-order valence-electron chi connectivity index (χ1n) is 6.00. The van der Waals surface area contributed by atoms with Crippen molar-refractivity contribution in [1.82, 2.24) is 9.97 Å². The molecule has 0 bridgehead atoms. The minimum absolute atomic E-state index is 0.847. The highest BCUT2D eigenvalue weighted by Crippen LogP contribution is 2.26. The molecule has 0 atom stereocenters. The number of rotatable bonds is 4. The molecule has 0 saturated heterocycles. The third kappa shape index (κ3) is 2.44. The van der Waals surface area contributed by atoms with Crippen molar-refractivity contribution in [2.24, 2.45) is 0 Å². The molecular formula is C14H17N3. The summed E-state index contributed by atoms with van der Waals surface area (Å²) in [7, 11) is 0. The lowest BCUT2D eigenvalue weighted by Gasteiger charge is -2.11. The zero-order chi connectivity index (χ0) is 12.1. The van der Waals surface area contributed by atoms with Gasteiger partial charge in [0.15, 0.2) is 5.82 Å². The van der Waals surface area contributed by atoms with Crippen LogP contribution >= 0.6 is 0 Å². The van der Waals surface area contributed by atoms with Gasteiger partial charge < -0.3 is 5.32 Å². The van der Waals surface area contributed by atoms with E-state index in [-0.39, 0.29) is 0 Å². The van der Waals surface area contributed by atoms with Crippen molar-refractivity contribution < 1.29 is 0 Å². The Hall–Kier alpha value is -1.90. The van der Waals surface area contributed by atoms with Crippen LogP contribution in [0.15, 0.2) is 36.7 Å². The van der Waals surface area contributed by atoms with Crippen LogP contribution in [0.1, 0.15) is 19.4 Å². The minimum Gasteiger partial charge on any atom is -0.369 e. The van der Waals surface area contributed by atoms with Gasteiger partial charge in [-0.1, -0.05) is 31.2 Å². The second kappa shape index (κ2) is 5.43. The maximum absolute atomic E-state index is 4.45. The van der Waals surface area contributed by atoms with Crippen LogP contribution in [0.25, 0.3) is 11.3 Å². The number of hydrogen-bond acceptors (Lipinski definition) is 3. The number of nitrogens with zero attached hydrogens (tertiary/aromatic N) is 2. The molecule has 2 aromatic rings. The summed E-state index contributed by atoms with van der Waals surface area (Å²) in [5.41, 5.74) is 3.40. The monoisotopic (exact) mass is 227 g/mol. The van der Waals surface area contributed by atoms with E-state index in [1.807, 2.05) is 6.07 Å². The zero-order valence-corrected chi connectivity index (χ0v) is 10.3. The Balaban J connectivity index is 2.52. The van der Waals surface area contributed by atoms with Crippen molar-refractivity contribution in [3.63, 3.8) is 0 Å². The van der Waals surface area contributed by atoms with Crippen molar-refractivity contribution in [2.75, 3.05) is 11.9 Å². The Bertz CT molecular complexity index is 494. The molecule has 0 spiro atoms. The van der Waals surface area contributed by atoms with Gasteiger partial charge in [0.1, 0.15) is 5.69 Å². The second-order valence-corrected chi connectivity index (χ2v) is 3.79. The topological polar surface area (TPSA) is 37.8 Å². The fourth-order valence-electron chi connectivity index (χ4n) is 1.89. The van der Waals surface area contributed by atoms with Crippen LogP contribution in [0.3, 0.4) is 0 Å². The third-order valence-corrected chi connectivity index (χ3v) is 2.70. The molecule has 1 aromatic carbocycles. The van der Waals surface area contributed by atoms with E-state index in [2.05, 4.69) is 47.3 Å². The van der Waals surface area contributed by atoms with Gasteiger partial charge in [0.25, 0.3) is 0 Å². The van der Waals surface area contributed by atoms with Gasteiger partial charge in [-0.05, 0) is 18.9 Å². The highest BCUT2D eigenvalue weighted by molar-refractivity contribution is 5.73. The first-order chi connectivity index (χ1) is 8.36. The molecule has 0 radical (unpaired) electrons.